The van der Waals surface area contributed by atoms with Crippen molar-refractivity contribution in [3.8, 4) is 0 Å². The molecule has 0 aliphatic rings. The molecule has 1 amide bonds. The van der Waals surface area contributed by atoms with Gasteiger partial charge in [-0.3, -0.25) is 0 Å². The van der Waals surface area contributed by atoms with Crippen molar-refractivity contribution in [1.82, 2.24) is 5.32 Å². The largest absolute Gasteiger partial charge is 0.480 e. The molecule has 0 heterocycles. The van der Waals surface area contributed by atoms with E-state index >= 15 is 0 Å². The summed E-state index contributed by atoms with van der Waals surface area (Å²) in [5.41, 5.74) is 0. The summed E-state index contributed by atoms with van der Waals surface area (Å²) in [4.78, 5) is 21.9. The minimum Gasteiger partial charge on any atom is -0.480 e. The topological polar surface area (TPSA) is 105 Å². The van der Waals surface area contributed by atoms with Crippen LogP contribution in [-0.4, -0.2) is 54.7 Å². The molecule has 0 aliphatic carbocycles. The van der Waals surface area contributed by atoms with Crippen LogP contribution in [0.3, 0.4) is 0 Å². The maximum atomic E-state index is 11.1. The molecule has 7 nitrogen and oxygen atoms in total. The number of carboxylic acids is 1. The number of carbonyl (C=O) groups is 2. The predicted octanol–water partition coefficient (Wildman–Crippen LogP) is -0.249. The summed E-state index contributed by atoms with van der Waals surface area (Å²) >= 11 is 0. The molecular weight excluding hydrogens is 230 g/mol. The van der Waals surface area contributed by atoms with Crippen molar-refractivity contribution in [3.05, 3.63) is 12.7 Å². The molecule has 0 aliphatic heterocycles. The molecule has 0 saturated heterocycles. The number of ether oxygens (including phenoxy) is 2. The van der Waals surface area contributed by atoms with Gasteiger partial charge >= 0.3 is 12.1 Å². The number of aliphatic carboxylic acids is 1. The van der Waals surface area contributed by atoms with E-state index in [-0.39, 0.29) is 32.8 Å². The molecule has 0 saturated carbocycles. The summed E-state index contributed by atoms with van der Waals surface area (Å²) in [6.45, 7) is 3.49. The van der Waals surface area contributed by atoms with E-state index in [0.29, 0.717) is 0 Å². The summed E-state index contributed by atoms with van der Waals surface area (Å²) in [6.07, 6.45) is 0.651. The van der Waals surface area contributed by atoms with Crippen molar-refractivity contribution in [2.45, 2.75) is 12.5 Å². The molecule has 17 heavy (non-hydrogen) atoms. The van der Waals surface area contributed by atoms with Gasteiger partial charge in [-0.05, 0) is 0 Å². The number of nitrogens with one attached hydrogen (secondary N) is 1. The molecule has 1 atom stereocenters. The molecule has 0 bridgehead atoms. The van der Waals surface area contributed by atoms with E-state index in [1.54, 1.807) is 0 Å². The number of aliphatic hydroxyl groups excluding tert-OH is 1. The minimum atomic E-state index is -1.17. The molecule has 3 N–H and O–H groups in total. The zero-order valence-electron chi connectivity index (χ0n) is 9.42. The van der Waals surface area contributed by atoms with Crippen LogP contribution in [0.4, 0.5) is 4.79 Å². The summed E-state index contributed by atoms with van der Waals surface area (Å²) in [6, 6.07) is -1.08. The van der Waals surface area contributed by atoms with Crippen LogP contribution in [0.15, 0.2) is 12.7 Å². The number of hydrogen-bond acceptors (Lipinski definition) is 5. The second kappa shape index (κ2) is 9.61. The first-order valence-corrected chi connectivity index (χ1v) is 5.07. The van der Waals surface area contributed by atoms with Crippen LogP contribution in [0, 0.1) is 0 Å². The van der Waals surface area contributed by atoms with E-state index in [4.69, 9.17) is 14.9 Å². The fourth-order valence-electron chi connectivity index (χ4n) is 0.944. The Labute approximate surface area is 99.0 Å². The van der Waals surface area contributed by atoms with Gasteiger partial charge in [-0.15, -0.1) is 0 Å². The molecule has 7 heteroatoms. The van der Waals surface area contributed by atoms with Crippen LogP contribution in [0.2, 0.25) is 0 Å². The van der Waals surface area contributed by atoms with Gasteiger partial charge in [0.1, 0.15) is 12.6 Å². The maximum absolute atomic E-state index is 11.1. The Bertz CT molecular complexity index is 255. The van der Waals surface area contributed by atoms with Crippen molar-refractivity contribution >= 4 is 12.1 Å². The summed E-state index contributed by atoms with van der Waals surface area (Å²) in [7, 11) is 0. The first-order valence-electron chi connectivity index (χ1n) is 5.07. The molecule has 0 rings (SSSR count). The van der Waals surface area contributed by atoms with Crippen LogP contribution < -0.4 is 5.32 Å². The van der Waals surface area contributed by atoms with Gasteiger partial charge in [-0.25, -0.2) is 9.59 Å². The minimum absolute atomic E-state index is 0.0131. The van der Waals surface area contributed by atoms with E-state index < -0.39 is 18.1 Å². The van der Waals surface area contributed by atoms with E-state index in [2.05, 4.69) is 16.6 Å². The fraction of sp³-hybridized carbons (Fsp3) is 0.600. The van der Waals surface area contributed by atoms with Crippen molar-refractivity contribution in [1.29, 1.82) is 0 Å². The van der Waals surface area contributed by atoms with E-state index in [1.165, 1.54) is 6.08 Å². The first-order chi connectivity index (χ1) is 8.11. The molecule has 1 unspecified atom stereocenters. The second-order valence-electron chi connectivity index (χ2n) is 3.05. The highest BCUT2D eigenvalue weighted by Gasteiger charge is 2.20. The predicted molar refractivity (Wildman–Crippen MR) is 58.6 cm³/mol. The Balaban J connectivity index is 3.93. The van der Waals surface area contributed by atoms with Crippen molar-refractivity contribution < 1.29 is 29.3 Å². The number of alkyl carbamates (subject to hydrolysis) is 1. The van der Waals surface area contributed by atoms with Crippen LogP contribution in [0.5, 0.6) is 0 Å². The molecule has 0 aromatic rings. The van der Waals surface area contributed by atoms with Crippen LogP contribution >= 0.6 is 0 Å². The Morgan fingerprint density at radius 1 is 1.41 bits per heavy atom. The third kappa shape index (κ3) is 8.23. The molecule has 0 fully saturated rings. The summed E-state index contributed by atoms with van der Waals surface area (Å²) in [5, 5.41) is 19.4. The van der Waals surface area contributed by atoms with Gasteiger partial charge in [-0.1, -0.05) is 12.7 Å². The Morgan fingerprint density at radius 2 is 2.12 bits per heavy atom. The zero-order chi connectivity index (χ0) is 13.1. The van der Waals surface area contributed by atoms with Gasteiger partial charge < -0.3 is 25.0 Å². The van der Waals surface area contributed by atoms with Crippen molar-refractivity contribution in [2.75, 3.05) is 26.4 Å². The quantitative estimate of drug-likeness (QED) is 0.383. The molecular formula is C10H17NO6. The van der Waals surface area contributed by atoms with E-state index in [1.807, 2.05) is 0 Å². The highest BCUT2D eigenvalue weighted by atomic mass is 16.5. The van der Waals surface area contributed by atoms with E-state index in [9.17, 15) is 9.59 Å². The Hall–Kier alpha value is -1.60. The maximum Gasteiger partial charge on any atom is 0.408 e. The Morgan fingerprint density at radius 3 is 2.65 bits per heavy atom. The number of amides is 1. The number of aliphatic hydroxyl groups is 1. The Kier molecular flexibility index (Phi) is 8.71. The van der Waals surface area contributed by atoms with Gasteiger partial charge in [0.15, 0.2) is 0 Å². The number of carboxylic acid groups (broad SMARTS) is 1. The zero-order valence-corrected chi connectivity index (χ0v) is 9.42. The standard InChI is InChI=1S/C10H17NO6/c1-2-5-17-10(15)11-8(9(13)14)3-6-16-7-4-12/h2,8,12H,1,3-7H2,(H,11,15)(H,13,14). The lowest BCUT2D eigenvalue weighted by Crippen LogP contribution is -2.41. The molecule has 0 radical (unpaired) electrons. The average Bonchev–Trinajstić information content (AvgIpc) is 2.30. The second-order valence-corrected chi connectivity index (χ2v) is 3.05. The normalized spacial score (nSPS) is 11.6. The molecule has 98 valence electrons. The van der Waals surface area contributed by atoms with Crippen LogP contribution in [0.25, 0.3) is 0 Å². The molecule has 0 aromatic heterocycles. The van der Waals surface area contributed by atoms with E-state index in [0.717, 1.165) is 0 Å². The SMILES string of the molecule is C=CCOC(=O)NC(CCOCCO)C(=O)O. The van der Waals surface area contributed by atoms with Crippen molar-refractivity contribution in [2.24, 2.45) is 0 Å². The van der Waals surface area contributed by atoms with Gasteiger partial charge in [-0.2, -0.15) is 0 Å². The molecule has 0 aromatic carbocycles. The average molecular weight is 247 g/mol. The van der Waals surface area contributed by atoms with Gasteiger partial charge in [0.25, 0.3) is 0 Å². The first kappa shape index (κ1) is 15.4. The van der Waals surface area contributed by atoms with Gasteiger partial charge in [0.05, 0.1) is 13.2 Å². The lowest BCUT2D eigenvalue weighted by atomic mass is 10.2. The summed E-state index contributed by atoms with van der Waals surface area (Å²) < 4.78 is 9.49. The third-order valence-electron chi connectivity index (χ3n) is 1.71. The number of rotatable bonds is 9. The molecule has 0 spiro atoms. The smallest absolute Gasteiger partial charge is 0.408 e. The van der Waals surface area contributed by atoms with Crippen LogP contribution in [0.1, 0.15) is 6.42 Å². The third-order valence-corrected chi connectivity index (χ3v) is 1.71. The number of hydrogen-bond donors (Lipinski definition) is 3. The highest BCUT2D eigenvalue weighted by Crippen LogP contribution is 1.95. The van der Waals surface area contributed by atoms with Crippen molar-refractivity contribution in [3.63, 3.8) is 0 Å². The summed E-state index contributed by atoms with van der Waals surface area (Å²) in [5.74, 6) is -1.17. The number of carbonyl (C=O) groups excluding carboxylic acids is 1. The van der Waals surface area contributed by atoms with Gasteiger partial charge in [0, 0.05) is 13.0 Å². The fourth-order valence-corrected chi connectivity index (χ4v) is 0.944. The van der Waals surface area contributed by atoms with Crippen LogP contribution in [-0.2, 0) is 14.3 Å². The lowest BCUT2D eigenvalue weighted by molar-refractivity contribution is -0.139. The van der Waals surface area contributed by atoms with Gasteiger partial charge in [0.2, 0.25) is 0 Å². The highest BCUT2D eigenvalue weighted by molar-refractivity contribution is 5.79. The lowest BCUT2D eigenvalue weighted by Gasteiger charge is -2.13. The monoisotopic (exact) mass is 247 g/mol.